The predicted octanol–water partition coefficient (Wildman–Crippen LogP) is 10.4. The summed E-state index contributed by atoms with van der Waals surface area (Å²) in [5.74, 6) is 0.862. The van der Waals surface area contributed by atoms with Crippen LogP contribution in [0.2, 0.25) is 0 Å². The quantitative estimate of drug-likeness (QED) is 0.134. The topological polar surface area (TPSA) is 0 Å². The van der Waals surface area contributed by atoms with Crippen molar-refractivity contribution in [2.24, 2.45) is 5.92 Å². The Hall–Kier alpha value is -6.76. The van der Waals surface area contributed by atoms with E-state index in [-0.39, 0.29) is 21.7 Å². The third-order valence-electron chi connectivity index (χ3n) is 23.4. The molecule has 0 N–H and O–H groups in total. The first-order chi connectivity index (χ1) is 33.0. The van der Waals surface area contributed by atoms with Crippen molar-refractivity contribution in [3.8, 4) is 22.3 Å². The van der Waals surface area contributed by atoms with Gasteiger partial charge >= 0.3 is 0 Å². The number of fused-ring (bicyclic) bond motifs is 2. The molecule has 6 unspecified atom stereocenters. The second kappa shape index (κ2) is 8.02. The summed E-state index contributed by atoms with van der Waals surface area (Å²) in [6.45, 7) is 4.68. The second-order valence-corrected chi connectivity index (χ2v) is 24.8. The van der Waals surface area contributed by atoms with Crippen LogP contribution in [0.15, 0.2) is 107 Å². The molecule has 0 saturated carbocycles. The summed E-state index contributed by atoms with van der Waals surface area (Å²) in [4.78, 5) is 0. The highest BCUT2D eigenvalue weighted by Crippen LogP contribution is 2.82. The van der Waals surface area contributed by atoms with Gasteiger partial charge in [-0.2, -0.15) is 0 Å². The lowest BCUT2D eigenvalue weighted by Gasteiger charge is -2.64. The predicted molar refractivity (Wildman–Crippen MR) is 268 cm³/mol. The van der Waals surface area contributed by atoms with Crippen molar-refractivity contribution in [2.75, 3.05) is 0 Å². The lowest BCUT2D eigenvalue weighted by Crippen LogP contribution is -2.63. The van der Waals surface area contributed by atoms with E-state index in [4.69, 9.17) is 0 Å². The molecule has 0 fully saturated rings. The zero-order valence-corrected chi connectivity index (χ0v) is 37.2. The molecule has 16 aliphatic carbocycles. The van der Waals surface area contributed by atoms with Gasteiger partial charge < -0.3 is 0 Å². The fourth-order valence-corrected chi connectivity index (χ4v) is 22.3. The van der Waals surface area contributed by atoms with E-state index < -0.39 is 0 Å². The molecule has 0 saturated heterocycles. The van der Waals surface area contributed by atoms with E-state index in [0.717, 1.165) is 38.5 Å². The molecule has 16 aliphatic rings. The SMILES string of the molecule is Cc1ccc2c(c1)CC13C4=c5ccc6c7c8c9c(c1c57)-c1c5c7c%10c%11c%12c%13c(cc%14c%15c(c-9c1c%10c%13%15)C19Cc%10cc(C)ccc%10CC81C=6C=CC=%149)CC%12=CC1C=C6CCC(=C4)C(=C6C=7C%111)C53C2. The van der Waals surface area contributed by atoms with Crippen LogP contribution in [0, 0.1) is 19.8 Å². The van der Waals surface area contributed by atoms with Crippen LogP contribution in [-0.4, -0.2) is 0 Å². The van der Waals surface area contributed by atoms with Crippen LogP contribution >= 0.6 is 0 Å². The molecule has 304 valence electrons. The monoisotopic (exact) mass is 840 g/mol. The minimum atomic E-state index is -0.170. The van der Waals surface area contributed by atoms with Gasteiger partial charge in [0.1, 0.15) is 0 Å². The molecule has 0 bridgehead atoms. The Morgan fingerprint density at radius 2 is 1.07 bits per heavy atom. The van der Waals surface area contributed by atoms with E-state index in [0.29, 0.717) is 11.8 Å². The van der Waals surface area contributed by atoms with Crippen LogP contribution in [0.5, 0.6) is 0 Å². The number of hydrogen-bond donors (Lipinski definition) is 0. The summed E-state index contributed by atoms with van der Waals surface area (Å²) in [5.41, 5.74) is 42.9. The summed E-state index contributed by atoms with van der Waals surface area (Å²) < 4.78 is 0. The average Bonchev–Trinajstić information content (AvgIpc) is 4.15. The third kappa shape index (κ3) is 2.21. The summed E-state index contributed by atoms with van der Waals surface area (Å²) in [6, 6.07) is 23.4. The van der Waals surface area contributed by atoms with Crippen LogP contribution in [0.3, 0.4) is 0 Å². The first-order valence-electron chi connectivity index (χ1n) is 25.8. The van der Waals surface area contributed by atoms with Crippen molar-refractivity contribution in [3.05, 3.63) is 200 Å². The van der Waals surface area contributed by atoms with Gasteiger partial charge in [0.25, 0.3) is 0 Å². The van der Waals surface area contributed by atoms with Crippen molar-refractivity contribution < 1.29 is 0 Å². The molecular weight excluding hydrogens is 805 g/mol. The molecule has 0 heteroatoms. The Bertz CT molecular complexity index is 4960. The Balaban J connectivity index is 1.09. The van der Waals surface area contributed by atoms with Gasteiger partial charge in [-0.05, 0) is 262 Å². The normalized spacial score (nSPS) is 32.2. The molecule has 8 aromatic rings. The number of benzene rings is 8. The van der Waals surface area contributed by atoms with Crippen LogP contribution in [0.1, 0.15) is 91.1 Å². The van der Waals surface area contributed by atoms with Crippen LogP contribution in [0.25, 0.3) is 93.2 Å². The van der Waals surface area contributed by atoms with Crippen molar-refractivity contribution in [1.82, 2.24) is 0 Å². The van der Waals surface area contributed by atoms with E-state index in [9.17, 15) is 0 Å². The Labute approximate surface area is 384 Å². The Morgan fingerprint density at radius 3 is 1.85 bits per heavy atom. The lowest BCUT2D eigenvalue weighted by molar-refractivity contribution is 0.288. The summed E-state index contributed by atoms with van der Waals surface area (Å²) in [5, 5.41) is 19.9. The molecule has 0 radical (unpaired) electrons. The molecule has 67 heavy (non-hydrogen) atoms. The van der Waals surface area contributed by atoms with Crippen LogP contribution in [-0.2, 0) is 53.8 Å². The molecule has 8 aromatic carbocycles. The molecular formula is C67H36. The van der Waals surface area contributed by atoms with Gasteiger partial charge in [-0.1, -0.05) is 90.0 Å². The molecule has 4 spiro atoms. The summed E-state index contributed by atoms with van der Waals surface area (Å²) >= 11 is 0. The van der Waals surface area contributed by atoms with Crippen molar-refractivity contribution >= 4 is 71.0 Å². The van der Waals surface area contributed by atoms with Gasteiger partial charge in [-0.15, -0.1) is 0 Å². The molecule has 0 aromatic heterocycles. The molecule has 6 atom stereocenters. The van der Waals surface area contributed by atoms with Crippen molar-refractivity contribution in [2.45, 2.75) is 86.4 Å². The van der Waals surface area contributed by atoms with Gasteiger partial charge in [0, 0.05) is 33.5 Å². The van der Waals surface area contributed by atoms with E-state index in [1.54, 1.807) is 192 Å². The first-order valence-corrected chi connectivity index (χ1v) is 25.8. The fourth-order valence-electron chi connectivity index (χ4n) is 22.3. The zero-order chi connectivity index (χ0) is 41.9. The van der Waals surface area contributed by atoms with Gasteiger partial charge in [0.15, 0.2) is 0 Å². The van der Waals surface area contributed by atoms with E-state index in [2.05, 4.69) is 98.8 Å². The smallest absolute Gasteiger partial charge is 0.0405 e. The maximum Gasteiger partial charge on any atom is 0.0405 e. The standard InChI is InChI=1S/C67H36/c1-24-3-5-28-20-64-38-11-12-39-37-18-32-17-31-16-30-15-26-7-8-27-19-40-36-10-9-35(38)45-46(36)61-58-56-53-51-50(47(37)62(55(53)57(58)60(45)64)65(39,64)22-33(28)13-24)42(32)41(31)48-43(30)49-44(26)59(27)67(63(56)54(49)52(48)51)21-29-6-4-25(2)14-34(29)23-66(40,61)67/h3-6,9-16,18-19,30,43H,7-8,17,20-23H2,1-2H3. The van der Waals surface area contributed by atoms with Gasteiger partial charge in [0.2, 0.25) is 0 Å². The molecule has 24 rings (SSSR count). The lowest BCUT2D eigenvalue weighted by atomic mass is 9.37. The molecule has 0 heterocycles. The van der Waals surface area contributed by atoms with Crippen LogP contribution in [0.4, 0.5) is 0 Å². The Morgan fingerprint density at radius 1 is 0.463 bits per heavy atom. The Kier molecular flexibility index (Phi) is 3.65. The largest absolute Gasteiger partial charge is 0.0728 e. The molecule has 0 aliphatic heterocycles. The molecule has 0 amide bonds. The zero-order valence-electron chi connectivity index (χ0n) is 37.2. The maximum atomic E-state index is 2.88. The molecule has 0 nitrogen and oxygen atoms in total. The second-order valence-electron chi connectivity index (χ2n) is 24.8. The van der Waals surface area contributed by atoms with E-state index in [1.807, 2.05) is 5.56 Å². The summed E-state index contributed by atoms with van der Waals surface area (Å²) in [6.07, 6.45) is 21.7. The third-order valence-corrected chi connectivity index (χ3v) is 23.4. The number of hydrogen-bond acceptors (Lipinski definition) is 0. The minimum Gasteiger partial charge on any atom is -0.0728 e. The van der Waals surface area contributed by atoms with Gasteiger partial charge in [0.05, 0.1) is 0 Å². The number of allylic oxidation sites excluding steroid dienone is 10. The van der Waals surface area contributed by atoms with E-state index >= 15 is 0 Å². The fraction of sp³-hybridized carbons (Fsp3) is 0.224. The first kappa shape index (κ1) is 30.5. The highest BCUT2D eigenvalue weighted by Gasteiger charge is 2.75. The highest BCUT2D eigenvalue weighted by atomic mass is 14.8. The van der Waals surface area contributed by atoms with Crippen molar-refractivity contribution in [3.63, 3.8) is 0 Å². The summed E-state index contributed by atoms with van der Waals surface area (Å²) in [7, 11) is 0. The average molecular weight is 841 g/mol. The van der Waals surface area contributed by atoms with Crippen molar-refractivity contribution in [1.29, 1.82) is 0 Å². The van der Waals surface area contributed by atoms with E-state index in [1.165, 1.54) is 17.5 Å². The maximum absolute atomic E-state index is 2.88. The minimum absolute atomic E-state index is 0.158. The van der Waals surface area contributed by atoms with Gasteiger partial charge in [-0.25, -0.2) is 0 Å². The highest BCUT2D eigenvalue weighted by molar-refractivity contribution is 6.42. The number of aryl methyl sites for hydroxylation is 2. The van der Waals surface area contributed by atoms with Crippen LogP contribution < -0.4 is 20.9 Å². The van der Waals surface area contributed by atoms with Gasteiger partial charge in [-0.3, -0.25) is 0 Å². The number of rotatable bonds is 0.